The van der Waals surface area contributed by atoms with Gasteiger partial charge < -0.3 is 14.5 Å². The van der Waals surface area contributed by atoms with E-state index < -0.39 is 0 Å². The standard InChI is InChI=1S/C23H29NO4/c1-5-15(6-2)13-28-23(26)22-14(3)21-19(24-22)11-17(12-20(21)25)16-7-9-18(27-4)10-8-16/h7-10,15,17,24H,5-6,11-13H2,1-4H3. The summed E-state index contributed by atoms with van der Waals surface area (Å²) in [5, 5.41) is 0. The fraction of sp³-hybridized carbons (Fsp3) is 0.478. The van der Waals surface area contributed by atoms with Gasteiger partial charge in [-0.15, -0.1) is 0 Å². The third-order valence-electron chi connectivity index (χ3n) is 5.88. The van der Waals surface area contributed by atoms with Crippen molar-refractivity contribution in [2.75, 3.05) is 13.7 Å². The maximum atomic E-state index is 12.8. The monoisotopic (exact) mass is 383 g/mol. The van der Waals surface area contributed by atoms with Gasteiger partial charge in [-0.2, -0.15) is 0 Å². The van der Waals surface area contributed by atoms with Crippen molar-refractivity contribution in [3.63, 3.8) is 0 Å². The molecule has 1 aliphatic rings. The predicted octanol–water partition coefficient (Wildman–Crippen LogP) is 4.84. The summed E-state index contributed by atoms with van der Waals surface area (Å²) in [6.45, 7) is 6.43. The van der Waals surface area contributed by atoms with Crippen molar-refractivity contribution in [2.45, 2.75) is 52.4 Å². The molecule has 0 saturated heterocycles. The summed E-state index contributed by atoms with van der Waals surface area (Å²) in [7, 11) is 1.64. The van der Waals surface area contributed by atoms with Crippen LogP contribution in [0.2, 0.25) is 0 Å². The molecule has 3 rings (SSSR count). The average Bonchev–Trinajstić information content (AvgIpc) is 3.05. The molecule has 0 saturated carbocycles. The minimum atomic E-state index is -0.368. The number of rotatable bonds is 7. The molecule has 5 heteroatoms. The Balaban J connectivity index is 1.79. The van der Waals surface area contributed by atoms with Crippen LogP contribution in [0.25, 0.3) is 0 Å². The number of hydrogen-bond acceptors (Lipinski definition) is 4. The summed E-state index contributed by atoms with van der Waals surface area (Å²) in [6, 6.07) is 7.83. The zero-order valence-corrected chi connectivity index (χ0v) is 17.1. The van der Waals surface area contributed by atoms with Crippen LogP contribution in [0, 0.1) is 12.8 Å². The van der Waals surface area contributed by atoms with E-state index in [1.807, 2.05) is 31.2 Å². The van der Waals surface area contributed by atoms with Crippen molar-refractivity contribution in [2.24, 2.45) is 5.92 Å². The Morgan fingerprint density at radius 1 is 1.18 bits per heavy atom. The fourth-order valence-corrected chi connectivity index (χ4v) is 3.94. The van der Waals surface area contributed by atoms with Crippen LogP contribution in [-0.4, -0.2) is 30.5 Å². The highest BCUT2D eigenvalue weighted by atomic mass is 16.5. The molecule has 0 fully saturated rings. The Kier molecular flexibility index (Phi) is 6.22. The van der Waals surface area contributed by atoms with Gasteiger partial charge in [0.2, 0.25) is 0 Å². The number of ether oxygens (including phenoxy) is 2. The third-order valence-corrected chi connectivity index (χ3v) is 5.88. The van der Waals surface area contributed by atoms with Crippen LogP contribution in [-0.2, 0) is 11.2 Å². The van der Waals surface area contributed by atoms with Crippen molar-refractivity contribution in [1.29, 1.82) is 0 Å². The summed E-state index contributed by atoms with van der Waals surface area (Å²) in [4.78, 5) is 28.6. The molecule has 2 aromatic rings. The van der Waals surface area contributed by atoms with E-state index in [9.17, 15) is 9.59 Å². The summed E-state index contributed by atoms with van der Waals surface area (Å²) >= 11 is 0. The second-order valence-electron chi connectivity index (χ2n) is 7.56. The minimum Gasteiger partial charge on any atom is -0.497 e. The van der Waals surface area contributed by atoms with Gasteiger partial charge >= 0.3 is 5.97 Å². The molecule has 150 valence electrons. The van der Waals surface area contributed by atoms with E-state index in [0.29, 0.717) is 42.2 Å². The minimum absolute atomic E-state index is 0.0786. The average molecular weight is 383 g/mol. The Hall–Kier alpha value is -2.56. The molecule has 0 radical (unpaired) electrons. The van der Waals surface area contributed by atoms with E-state index in [2.05, 4.69) is 18.8 Å². The third kappa shape index (κ3) is 3.98. The number of fused-ring (bicyclic) bond motifs is 1. The number of Topliss-reactive ketones (excluding diaryl/α,β-unsaturated/α-hetero) is 1. The van der Waals surface area contributed by atoms with Gasteiger partial charge in [0, 0.05) is 17.7 Å². The first kappa shape index (κ1) is 20.2. The van der Waals surface area contributed by atoms with Crippen LogP contribution in [0.5, 0.6) is 5.75 Å². The Morgan fingerprint density at radius 3 is 2.46 bits per heavy atom. The second-order valence-corrected chi connectivity index (χ2v) is 7.56. The zero-order chi connectivity index (χ0) is 20.3. The quantitative estimate of drug-likeness (QED) is 0.695. The lowest BCUT2D eigenvalue weighted by atomic mass is 9.81. The Bertz CT molecular complexity index is 846. The number of nitrogens with one attached hydrogen (secondary N) is 1. The van der Waals surface area contributed by atoms with Gasteiger partial charge in [0.1, 0.15) is 11.4 Å². The van der Waals surface area contributed by atoms with Gasteiger partial charge in [-0.25, -0.2) is 4.79 Å². The number of esters is 1. The number of hydrogen-bond donors (Lipinski definition) is 1. The van der Waals surface area contributed by atoms with Crippen molar-refractivity contribution in [3.8, 4) is 5.75 Å². The highest BCUT2D eigenvalue weighted by molar-refractivity contribution is 6.03. The van der Waals surface area contributed by atoms with Crippen LogP contribution in [0.3, 0.4) is 0 Å². The van der Waals surface area contributed by atoms with E-state index in [1.165, 1.54) is 0 Å². The van der Waals surface area contributed by atoms with E-state index >= 15 is 0 Å². The van der Waals surface area contributed by atoms with Crippen LogP contribution >= 0.6 is 0 Å². The first-order valence-electron chi connectivity index (χ1n) is 10.0. The Morgan fingerprint density at radius 2 is 1.86 bits per heavy atom. The Labute approximate surface area is 166 Å². The van der Waals surface area contributed by atoms with E-state index in [4.69, 9.17) is 9.47 Å². The van der Waals surface area contributed by atoms with E-state index in [-0.39, 0.29) is 17.7 Å². The second kappa shape index (κ2) is 8.63. The van der Waals surface area contributed by atoms with Crippen LogP contribution in [0.1, 0.15) is 76.7 Å². The van der Waals surface area contributed by atoms with Gasteiger partial charge in [-0.1, -0.05) is 38.8 Å². The molecule has 0 bridgehead atoms. The van der Waals surface area contributed by atoms with Gasteiger partial charge in [0.15, 0.2) is 5.78 Å². The van der Waals surface area contributed by atoms with Crippen LogP contribution in [0.4, 0.5) is 0 Å². The molecule has 1 heterocycles. The van der Waals surface area contributed by atoms with Gasteiger partial charge in [-0.3, -0.25) is 4.79 Å². The number of methoxy groups -OCH3 is 1. The molecule has 1 N–H and O–H groups in total. The maximum absolute atomic E-state index is 12.8. The van der Waals surface area contributed by atoms with Gasteiger partial charge in [0.05, 0.1) is 13.7 Å². The zero-order valence-electron chi connectivity index (χ0n) is 17.1. The van der Waals surface area contributed by atoms with Crippen molar-refractivity contribution < 1.29 is 19.1 Å². The molecule has 1 unspecified atom stereocenters. The smallest absolute Gasteiger partial charge is 0.355 e. The maximum Gasteiger partial charge on any atom is 0.355 e. The predicted molar refractivity (Wildman–Crippen MR) is 108 cm³/mol. The lowest BCUT2D eigenvalue weighted by molar-refractivity contribution is 0.0426. The number of H-pyrrole nitrogens is 1. The number of aromatic nitrogens is 1. The van der Waals surface area contributed by atoms with Gasteiger partial charge in [-0.05, 0) is 48.4 Å². The molecule has 1 aliphatic carbocycles. The molecular formula is C23H29NO4. The number of aromatic amines is 1. The normalized spacial score (nSPS) is 16.2. The highest BCUT2D eigenvalue weighted by Crippen LogP contribution is 2.35. The van der Waals surface area contributed by atoms with Gasteiger partial charge in [0.25, 0.3) is 0 Å². The molecular weight excluding hydrogens is 354 g/mol. The summed E-state index contributed by atoms with van der Waals surface area (Å²) in [6.07, 6.45) is 3.10. The molecule has 28 heavy (non-hydrogen) atoms. The van der Waals surface area contributed by atoms with Crippen molar-refractivity contribution in [3.05, 3.63) is 52.3 Å². The summed E-state index contributed by atoms with van der Waals surface area (Å²) in [5.41, 5.74) is 3.73. The topological polar surface area (TPSA) is 68.4 Å². The largest absolute Gasteiger partial charge is 0.497 e. The first-order valence-corrected chi connectivity index (χ1v) is 10.0. The summed E-state index contributed by atoms with van der Waals surface area (Å²) in [5.74, 6) is 0.972. The molecule has 0 spiro atoms. The van der Waals surface area contributed by atoms with Crippen molar-refractivity contribution in [1.82, 2.24) is 4.98 Å². The fourth-order valence-electron chi connectivity index (χ4n) is 3.94. The lowest BCUT2D eigenvalue weighted by Gasteiger charge is -2.22. The molecule has 1 atom stereocenters. The number of benzene rings is 1. The molecule has 1 aromatic heterocycles. The van der Waals surface area contributed by atoms with Crippen LogP contribution < -0.4 is 4.74 Å². The van der Waals surface area contributed by atoms with E-state index in [0.717, 1.165) is 29.8 Å². The lowest BCUT2D eigenvalue weighted by Crippen LogP contribution is -2.18. The molecule has 5 nitrogen and oxygen atoms in total. The number of carbonyl (C=O) groups is 2. The van der Waals surface area contributed by atoms with E-state index in [1.54, 1.807) is 7.11 Å². The number of ketones is 1. The molecule has 1 aromatic carbocycles. The van der Waals surface area contributed by atoms with Crippen LogP contribution in [0.15, 0.2) is 24.3 Å². The molecule has 0 amide bonds. The number of carbonyl (C=O) groups excluding carboxylic acids is 2. The van der Waals surface area contributed by atoms with Crippen molar-refractivity contribution >= 4 is 11.8 Å². The summed E-state index contributed by atoms with van der Waals surface area (Å²) < 4.78 is 10.7. The molecule has 0 aliphatic heterocycles. The highest BCUT2D eigenvalue weighted by Gasteiger charge is 2.32. The SMILES string of the molecule is CCC(CC)COC(=O)c1[nH]c2c(c1C)C(=O)CC(c1ccc(OC)cc1)C2. The first-order chi connectivity index (χ1) is 13.5.